The minimum Gasteiger partial charge on any atom is -0.507 e. The number of hydrogen-bond acceptors (Lipinski definition) is 1. The molecule has 3 rings (SSSR count). The molecule has 2 aromatic carbocycles. The molecule has 25 heavy (non-hydrogen) atoms. The summed E-state index contributed by atoms with van der Waals surface area (Å²) in [4.78, 5) is 3.48. The van der Waals surface area contributed by atoms with E-state index in [0.717, 1.165) is 35.0 Å². The standard InChI is InChI=1S/C23H27NO/c1-15(2)8-7-9-16(3)12-13-19-22-20(14-17(4)23(19)25)18-10-5-6-11-21(18)24-22/h5-6,8,10-14,16,24-25H,7,9H2,1-4H3/b13-12+/t16-/m0/s1. The zero-order valence-corrected chi connectivity index (χ0v) is 15.6. The summed E-state index contributed by atoms with van der Waals surface area (Å²) in [5.74, 6) is 0.835. The molecule has 0 aliphatic carbocycles. The third kappa shape index (κ3) is 3.63. The zero-order chi connectivity index (χ0) is 18.0. The van der Waals surface area contributed by atoms with Crippen LogP contribution in [0.25, 0.3) is 27.9 Å². The van der Waals surface area contributed by atoms with Crippen molar-refractivity contribution in [2.45, 2.75) is 40.5 Å². The summed E-state index contributed by atoms with van der Waals surface area (Å²) in [5.41, 5.74) is 5.28. The molecule has 130 valence electrons. The first kappa shape index (κ1) is 17.3. The number of hydrogen-bond donors (Lipinski definition) is 2. The Morgan fingerprint density at radius 1 is 1.20 bits per heavy atom. The van der Waals surface area contributed by atoms with Gasteiger partial charge in [0.1, 0.15) is 5.75 Å². The predicted octanol–water partition coefficient (Wildman–Crippen LogP) is 6.73. The molecule has 0 amide bonds. The molecule has 2 nitrogen and oxygen atoms in total. The van der Waals surface area contributed by atoms with Crippen LogP contribution in [0.4, 0.5) is 0 Å². The van der Waals surface area contributed by atoms with E-state index in [1.807, 2.05) is 13.0 Å². The number of aromatic hydroxyl groups is 1. The SMILES string of the molecule is CC(C)=CCC[C@H](C)/C=C/c1c(O)c(C)cc2c1[nH]c1ccccc12. The maximum atomic E-state index is 10.6. The molecule has 3 aromatic rings. The van der Waals surface area contributed by atoms with Crippen molar-refractivity contribution in [3.05, 3.63) is 59.2 Å². The molecule has 1 atom stereocenters. The second-order valence-electron chi connectivity index (χ2n) is 7.24. The van der Waals surface area contributed by atoms with Gasteiger partial charge in [-0.1, -0.05) is 48.9 Å². The van der Waals surface area contributed by atoms with E-state index in [1.54, 1.807) is 0 Å². The van der Waals surface area contributed by atoms with Crippen LogP contribution in [0, 0.1) is 12.8 Å². The highest BCUT2D eigenvalue weighted by molar-refractivity contribution is 6.10. The minimum absolute atomic E-state index is 0.367. The first-order valence-corrected chi connectivity index (χ1v) is 9.02. The first-order chi connectivity index (χ1) is 12.0. The monoisotopic (exact) mass is 333 g/mol. The molecule has 0 aliphatic rings. The largest absolute Gasteiger partial charge is 0.507 e. The van der Waals surface area contributed by atoms with Crippen LogP contribution in [-0.2, 0) is 0 Å². The van der Waals surface area contributed by atoms with Gasteiger partial charge in [-0.15, -0.1) is 0 Å². The van der Waals surface area contributed by atoms with Crippen LogP contribution >= 0.6 is 0 Å². The van der Waals surface area contributed by atoms with Crippen molar-refractivity contribution in [2.24, 2.45) is 5.92 Å². The molecule has 0 bridgehead atoms. The summed E-state index contributed by atoms with van der Waals surface area (Å²) in [6.07, 6.45) is 8.77. The van der Waals surface area contributed by atoms with E-state index in [-0.39, 0.29) is 0 Å². The fraction of sp³-hybridized carbons (Fsp3) is 0.304. The maximum absolute atomic E-state index is 10.6. The Morgan fingerprint density at radius 2 is 1.96 bits per heavy atom. The van der Waals surface area contributed by atoms with Crippen LogP contribution in [0.15, 0.2) is 48.1 Å². The summed E-state index contributed by atoms with van der Waals surface area (Å²) < 4.78 is 0. The van der Waals surface area contributed by atoms with Crippen molar-refractivity contribution >= 4 is 27.9 Å². The van der Waals surface area contributed by atoms with E-state index < -0.39 is 0 Å². The average Bonchev–Trinajstić information content (AvgIpc) is 2.93. The number of para-hydroxylation sites is 1. The number of rotatable bonds is 5. The molecular formula is C23H27NO. The van der Waals surface area contributed by atoms with Gasteiger partial charge in [-0.05, 0) is 57.2 Å². The topological polar surface area (TPSA) is 36.0 Å². The summed E-state index contributed by atoms with van der Waals surface area (Å²) in [5, 5.41) is 13.0. The van der Waals surface area contributed by atoms with Crippen molar-refractivity contribution in [3.63, 3.8) is 0 Å². The van der Waals surface area contributed by atoms with Crippen LogP contribution in [-0.4, -0.2) is 10.1 Å². The lowest BCUT2D eigenvalue weighted by molar-refractivity contribution is 0.470. The molecular weight excluding hydrogens is 306 g/mol. The van der Waals surface area contributed by atoms with E-state index in [1.165, 1.54) is 16.3 Å². The lowest BCUT2D eigenvalue weighted by atomic mass is 9.99. The van der Waals surface area contributed by atoms with Crippen molar-refractivity contribution < 1.29 is 5.11 Å². The Labute approximate surface area is 149 Å². The number of nitrogens with one attached hydrogen (secondary N) is 1. The highest BCUT2D eigenvalue weighted by Crippen LogP contribution is 2.36. The van der Waals surface area contributed by atoms with Gasteiger partial charge in [0.05, 0.1) is 5.52 Å². The van der Waals surface area contributed by atoms with Crippen molar-refractivity contribution in [1.82, 2.24) is 4.98 Å². The van der Waals surface area contributed by atoms with Crippen LogP contribution in [0.5, 0.6) is 5.75 Å². The maximum Gasteiger partial charge on any atom is 0.127 e. The summed E-state index contributed by atoms with van der Waals surface area (Å²) in [6.45, 7) is 8.46. The van der Waals surface area contributed by atoms with Crippen LogP contribution < -0.4 is 0 Å². The number of benzene rings is 2. The number of phenolic OH excluding ortho intramolecular Hbond substituents is 1. The van der Waals surface area contributed by atoms with Gasteiger partial charge in [-0.25, -0.2) is 0 Å². The second-order valence-corrected chi connectivity index (χ2v) is 7.24. The molecule has 0 radical (unpaired) electrons. The lowest BCUT2D eigenvalue weighted by Gasteiger charge is -2.08. The molecule has 0 saturated carbocycles. The second kappa shape index (κ2) is 7.18. The molecule has 1 heterocycles. The number of aromatic amines is 1. The average molecular weight is 333 g/mol. The van der Waals surface area contributed by atoms with Crippen molar-refractivity contribution in [3.8, 4) is 5.75 Å². The van der Waals surface area contributed by atoms with Gasteiger partial charge in [0, 0.05) is 21.9 Å². The molecule has 2 N–H and O–H groups in total. The van der Waals surface area contributed by atoms with Gasteiger partial charge < -0.3 is 10.1 Å². The first-order valence-electron chi connectivity index (χ1n) is 9.02. The van der Waals surface area contributed by atoms with Crippen LogP contribution in [0.3, 0.4) is 0 Å². The third-order valence-corrected chi connectivity index (χ3v) is 4.77. The van der Waals surface area contributed by atoms with Crippen LogP contribution in [0.2, 0.25) is 0 Å². The van der Waals surface area contributed by atoms with Gasteiger partial charge in [0.2, 0.25) is 0 Å². The Morgan fingerprint density at radius 3 is 2.72 bits per heavy atom. The number of aryl methyl sites for hydroxylation is 1. The summed E-state index contributed by atoms with van der Waals surface area (Å²) in [7, 11) is 0. The smallest absolute Gasteiger partial charge is 0.127 e. The molecule has 1 aromatic heterocycles. The highest BCUT2D eigenvalue weighted by Gasteiger charge is 2.13. The fourth-order valence-corrected chi connectivity index (χ4v) is 3.30. The Hall–Kier alpha value is -2.48. The number of H-pyrrole nitrogens is 1. The number of phenols is 1. The van der Waals surface area contributed by atoms with E-state index in [2.05, 4.69) is 68.2 Å². The van der Waals surface area contributed by atoms with Gasteiger partial charge in [0.15, 0.2) is 0 Å². The quantitative estimate of drug-likeness (QED) is 0.499. The van der Waals surface area contributed by atoms with Crippen molar-refractivity contribution in [2.75, 3.05) is 0 Å². The van der Waals surface area contributed by atoms with E-state index in [9.17, 15) is 5.11 Å². The third-order valence-electron chi connectivity index (χ3n) is 4.77. The Kier molecular flexibility index (Phi) is 4.98. The molecule has 0 aliphatic heterocycles. The summed E-state index contributed by atoms with van der Waals surface area (Å²) >= 11 is 0. The number of allylic oxidation sites excluding steroid dienone is 3. The lowest BCUT2D eigenvalue weighted by Crippen LogP contribution is -1.89. The number of aromatic nitrogens is 1. The molecule has 2 heteroatoms. The number of fused-ring (bicyclic) bond motifs is 3. The minimum atomic E-state index is 0.367. The van der Waals surface area contributed by atoms with Gasteiger partial charge in [-0.3, -0.25) is 0 Å². The summed E-state index contributed by atoms with van der Waals surface area (Å²) in [6, 6.07) is 10.4. The van der Waals surface area contributed by atoms with Crippen LogP contribution in [0.1, 0.15) is 44.7 Å². The molecule has 0 unspecified atom stereocenters. The van der Waals surface area contributed by atoms with Gasteiger partial charge in [-0.2, -0.15) is 0 Å². The predicted molar refractivity (Wildman–Crippen MR) is 109 cm³/mol. The Balaban J connectivity index is 1.99. The molecule has 0 spiro atoms. The van der Waals surface area contributed by atoms with Gasteiger partial charge >= 0.3 is 0 Å². The van der Waals surface area contributed by atoms with E-state index in [4.69, 9.17) is 0 Å². The molecule has 0 fully saturated rings. The van der Waals surface area contributed by atoms with Gasteiger partial charge in [0.25, 0.3) is 0 Å². The molecule has 0 saturated heterocycles. The zero-order valence-electron chi connectivity index (χ0n) is 15.6. The van der Waals surface area contributed by atoms with E-state index in [0.29, 0.717) is 11.7 Å². The van der Waals surface area contributed by atoms with E-state index >= 15 is 0 Å². The Bertz CT molecular complexity index is 955. The fourth-order valence-electron chi connectivity index (χ4n) is 3.30. The highest BCUT2D eigenvalue weighted by atomic mass is 16.3. The van der Waals surface area contributed by atoms with Crippen molar-refractivity contribution in [1.29, 1.82) is 0 Å². The normalized spacial score (nSPS) is 13.0.